The molecule has 0 spiro atoms. The van der Waals surface area contributed by atoms with Gasteiger partial charge in [0.1, 0.15) is 10.5 Å². The van der Waals surface area contributed by atoms with Gasteiger partial charge >= 0.3 is 0 Å². The zero-order chi connectivity index (χ0) is 15.3. The molecule has 0 aliphatic carbocycles. The van der Waals surface area contributed by atoms with E-state index in [4.69, 9.17) is 0 Å². The second-order valence-corrected chi connectivity index (χ2v) is 7.78. The van der Waals surface area contributed by atoms with Gasteiger partial charge in [0.15, 0.2) is 5.82 Å². The molecule has 3 aromatic heterocycles. The molecule has 4 nitrogen and oxygen atoms in total. The average molecular weight is 329 g/mol. The van der Waals surface area contributed by atoms with Crippen LogP contribution in [0.2, 0.25) is 0 Å². The quantitative estimate of drug-likeness (QED) is 0.743. The molecule has 0 saturated heterocycles. The van der Waals surface area contributed by atoms with E-state index >= 15 is 0 Å². The first kappa shape index (κ1) is 14.0. The Balaban J connectivity index is 1.95. The van der Waals surface area contributed by atoms with Gasteiger partial charge in [-0.1, -0.05) is 0 Å². The third-order valence-corrected chi connectivity index (χ3v) is 6.14. The van der Waals surface area contributed by atoms with E-state index in [-0.39, 0.29) is 5.56 Å². The SMILES string of the molecule is Cc1cc(C)nc(-c2nc(=O)c3c4c(sc3[nH]2)CSCC4)c1. The standard InChI is InChI=1S/C16H15N3OS2/c1-8-5-9(2)17-11(6-8)14-18-15(20)13-10-3-4-21-7-12(10)22-16(13)19-14/h5-6H,3-4,7H2,1-2H3,(H,18,19,20). The van der Waals surface area contributed by atoms with E-state index in [0.29, 0.717) is 5.82 Å². The Hall–Kier alpha value is -1.66. The van der Waals surface area contributed by atoms with Crippen molar-refractivity contribution < 1.29 is 0 Å². The molecular weight excluding hydrogens is 314 g/mol. The molecule has 3 aromatic rings. The van der Waals surface area contributed by atoms with Gasteiger partial charge in [-0.3, -0.25) is 4.79 Å². The summed E-state index contributed by atoms with van der Waals surface area (Å²) in [7, 11) is 0. The maximum atomic E-state index is 12.5. The second kappa shape index (κ2) is 5.21. The molecule has 4 heterocycles. The van der Waals surface area contributed by atoms with Crippen molar-refractivity contribution in [2.45, 2.75) is 26.0 Å². The molecule has 0 bridgehead atoms. The number of nitrogens with zero attached hydrogens (tertiary/aromatic N) is 2. The number of fused-ring (bicyclic) bond motifs is 3. The van der Waals surface area contributed by atoms with Gasteiger partial charge in [-0.15, -0.1) is 11.3 Å². The fourth-order valence-electron chi connectivity index (χ4n) is 2.92. The number of rotatable bonds is 1. The monoisotopic (exact) mass is 329 g/mol. The van der Waals surface area contributed by atoms with Crippen molar-refractivity contribution >= 4 is 33.3 Å². The summed E-state index contributed by atoms with van der Waals surface area (Å²) in [5.41, 5.74) is 3.85. The van der Waals surface area contributed by atoms with E-state index in [1.54, 1.807) is 11.3 Å². The lowest BCUT2D eigenvalue weighted by Crippen LogP contribution is -2.11. The molecule has 0 radical (unpaired) electrons. The third-order valence-electron chi connectivity index (χ3n) is 3.82. The van der Waals surface area contributed by atoms with Crippen molar-refractivity contribution in [1.29, 1.82) is 0 Å². The average Bonchev–Trinajstić information content (AvgIpc) is 2.84. The Morgan fingerprint density at radius 2 is 2.09 bits per heavy atom. The predicted molar refractivity (Wildman–Crippen MR) is 92.8 cm³/mol. The molecule has 112 valence electrons. The largest absolute Gasteiger partial charge is 0.329 e. The molecule has 22 heavy (non-hydrogen) atoms. The fourth-order valence-corrected chi connectivity index (χ4v) is 5.30. The lowest BCUT2D eigenvalue weighted by atomic mass is 10.1. The number of pyridine rings is 1. The van der Waals surface area contributed by atoms with Crippen LogP contribution in [0.15, 0.2) is 16.9 Å². The number of aromatic amines is 1. The van der Waals surface area contributed by atoms with Gasteiger partial charge in [0.2, 0.25) is 0 Å². The normalized spacial score (nSPS) is 14.3. The predicted octanol–water partition coefficient (Wildman–Crippen LogP) is 3.45. The van der Waals surface area contributed by atoms with Crippen LogP contribution in [0.3, 0.4) is 0 Å². The van der Waals surface area contributed by atoms with Crippen LogP contribution < -0.4 is 5.56 Å². The van der Waals surface area contributed by atoms with Crippen LogP contribution in [-0.2, 0) is 12.2 Å². The summed E-state index contributed by atoms with van der Waals surface area (Å²) in [6, 6.07) is 3.97. The summed E-state index contributed by atoms with van der Waals surface area (Å²) >= 11 is 3.61. The molecular formula is C16H15N3OS2. The number of thioether (sulfide) groups is 1. The van der Waals surface area contributed by atoms with Crippen molar-refractivity contribution in [3.8, 4) is 11.5 Å². The summed E-state index contributed by atoms with van der Waals surface area (Å²) in [5, 5.41) is 0.786. The van der Waals surface area contributed by atoms with Crippen molar-refractivity contribution in [1.82, 2.24) is 15.0 Å². The van der Waals surface area contributed by atoms with E-state index < -0.39 is 0 Å². The molecule has 0 amide bonds. The van der Waals surface area contributed by atoms with Crippen LogP contribution in [-0.4, -0.2) is 20.7 Å². The number of H-pyrrole nitrogens is 1. The number of thiophene rings is 1. The summed E-state index contributed by atoms with van der Waals surface area (Å²) < 4.78 is 0. The zero-order valence-electron chi connectivity index (χ0n) is 12.4. The van der Waals surface area contributed by atoms with Crippen LogP contribution in [0, 0.1) is 13.8 Å². The minimum absolute atomic E-state index is 0.130. The highest BCUT2D eigenvalue weighted by atomic mass is 32.2. The van der Waals surface area contributed by atoms with Gasteiger partial charge in [0.25, 0.3) is 5.56 Å². The number of hydrogen-bond donors (Lipinski definition) is 1. The molecule has 1 aliphatic rings. The Labute approximate surface area is 136 Å². The number of hydrogen-bond acceptors (Lipinski definition) is 5. The van der Waals surface area contributed by atoms with Crippen LogP contribution in [0.5, 0.6) is 0 Å². The summed E-state index contributed by atoms with van der Waals surface area (Å²) in [5.74, 6) is 2.65. The molecule has 0 unspecified atom stereocenters. The van der Waals surface area contributed by atoms with Crippen molar-refractivity contribution in [2.24, 2.45) is 0 Å². The van der Waals surface area contributed by atoms with Gasteiger partial charge < -0.3 is 4.98 Å². The van der Waals surface area contributed by atoms with Crippen LogP contribution in [0.25, 0.3) is 21.7 Å². The van der Waals surface area contributed by atoms with E-state index in [1.165, 1.54) is 10.4 Å². The van der Waals surface area contributed by atoms with Crippen molar-refractivity contribution in [3.63, 3.8) is 0 Å². The molecule has 4 rings (SSSR count). The summed E-state index contributed by atoms with van der Waals surface area (Å²) in [6.07, 6.45) is 0.964. The minimum Gasteiger partial charge on any atom is -0.329 e. The highest BCUT2D eigenvalue weighted by Gasteiger charge is 2.20. The maximum Gasteiger partial charge on any atom is 0.282 e. The Kier molecular flexibility index (Phi) is 3.31. The molecule has 1 N–H and O–H groups in total. The number of aryl methyl sites for hydroxylation is 3. The van der Waals surface area contributed by atoms with E-state index in [1.807, 2.05) is 37.7 Å². The van der Waals surface area contributed by atoms with E-state index in [2.05, 4.69) is 15.0 Å². The van der Waals surface area contributed by atoms with Gasteiger partial charge in [-0.05, 0) is 49.3 Å². The summed E-state index contributed by atoms with van der Waals surface area (Å²) in [6.45, 7) is 3.98. The van der Waals surface area contributed by atoms with E-state index in [9.17, 15) is 4.79 Å². The second-order valence-electron chi connectivity index (χ2n) is 5.57. The Morgan fingerprint density at radius 1 is 1.23 bits per heavy atom. The van der Waals surface area contributed by atoms with Crippen molar-refractivity contribution in [3.05, 3.63) is 44.2 Å². The zero-order valence-corrected chi connectivity index (χ0v) is 14.0. The number of aromatic nitrogens is 3. The van der Waals surface area contributed by atoms with Gasteiger partial charge in [-0.2, -0.15) is 16.7 Å². The highest BCUT2D eigenvalue weighted by Crippen LogP contribution is 2.35. The molecule has 0 aromatic carbocycles. The Morgan fingerprint density at radius 3 is 2.91 bits per heavy atom. The molecule has 1 aliphatic heterocycles. The van der Waals surface area contributed by atoms with Crippen LogP contribution in [0.4, 0.5) is 0 Å². The first-order valence-corrected chi connectivity index (χ1v) is 9.17. The highest BCUT2D eigenvalue weighted by molar-refractivity contribution is 7.98. The first-order valence-electron chi connectivity index (χ1n) is 7.20. The first-order chi connectivity index (χ1) is 10.6. The minimum atomic E-state index is -0.130. The van der Waals surface area contributed by atoms with Gasteiger partial charge in [0.05, 0.1) is 5.39 Å². The molecule has 0 fully saturated rings. The van der Waals surface area contributed by atoms with E-state index in [0.717, 1.165) is 45.1 Å². The number of nitrogens with one attached hydrogen (secondary N) is 1. The smallest absolute Gasteiger partial charge is 0.282 e. The van der Waals surface area contributed by atoms with Crippen LogP contribution >= 0.6 is 23.1 Å². The maximum absolute atomic E-state index is 12.5. The van der Waals surface area contributed by atoms with Gasteiger partial charge in [-0.25, -0.2) is 4.98 Å². The summed E-state index contributed by atoms with van der Waals surface area (Å²) in [4.78, 5) is 26.9. The van der Waals surface area contributed by atoms with Crippen molar-refractivity contribution in [2.75, 3.05) is 5.75 Å². The topological polar surface area (TPSA) is 58.6 Å². The Bertz CT molecular complexity index is 922. The van der Waals surface area contributed by atoms with Gasteiger partial charge in [0, 0.05) is 16.3 Å². The molecule has 6 heteroatoms. The fraction of sp³-hybridized carbons (Fsp3) is 0.312. The lowest BCUT2D eigenvalue weighted by molar-refractivity contribution is 1.09. The molecule has 0 atom stereocenters. The van der Waals surface area contributed by atoms with Crippen LogP contribution in [0.1, 0.15) is 21.7 Å². The molecule has 0 saturated carbocycles. The third kappa shape index (κ3) is 2.27. The lowest BCUT2D eigenvalue weighted by Gasteiger charge is -2.09.